The number of hydrogen-bond acceptors (Lipinski definition) is 5. The van der Waals surface area contributed by atoms with Crippen LogP contribution < -0.4 is 10.0 Å². The van der Waals surface area contributed by atoms with Gasteiger partial charge in [0.25, 0.3) is 5.91 Å². The number of carbonyl (C=O) groups is 3. The summed E-state index contributed by atoms with van der Waals surface area (Å²) in [6.45, 7) is 0.153. The molecule has 1 aliphatic heterocycles. The molecule has 0 radical (unpaired) electrons. The number of fused-ring (bicyclic) bond motifs is 1. The van der Waals surface area contributed by atoms with Crippen LogP contribution in [0, 0.1) is 0 Å². The maximum Gasteiger partial charge on any atom is 0.335 e. The SMILES string of the molecule is CS(=O)(=O)N[C@H]1CCCCC1N1C(=O)c2ccccc2[C@@H](C(=O)NCc2ccc(C(=O)O)cc2)[C@@H]1c1ccc(Cl)cc1. The number of nitrogens with zero attached hydrogens (tertiary/aromatic N) is 1. The first-order chi connectivity index (χ1) is 20.0. The number of benzene rings is 3. The van der Waals surface area contributed by atoms with Gasteiger partial charge >= 0.3 is 5.97 Å². The van der Waals surface area contributed by atoms with Gasteiger partial charge in [0.05, 0.1) is 23.8 Å². The fourth-order valence-corrected chi connectivity index (χ4v) is 7.09. The van der Waals surface area contributed by atoms with E-state index >= 15 is 0 Å². The van der Waals surface area contributed by atoms with Crippen LogP contribution in [0.4, 0.5) is 0 Å². The van der Waals surface area contributed by atoms with E-state index < -0.39 is 40.0 Å². The summed E-state index contributed by atoms with van der Waals surface area (Å²) in [5, 5.41) is 12.7. The predicted octanol–water partition coefficient (Wildman–Crippen LogP) is 4.50. The molecule has 220 valence electrons. The van der Waals surface area contributed by atoms with Crippen molar-refractivity contribution in [2.24, 2.45) is 0 Å². The molecule has 1 heterocycles. The van der Waals surface area contributed by atoms with Gasteiger partial charge < -0.3 is 15.3 Å². The quantitative estimate of drug-likeness (QED) is 0.345. The fourth-order valence-electron chi connectivity index (χ4n) is 6.13. The third kappa shape index (κ3) is 6.35. The molecule has 0 aromatic heterocycles. The van der Waals surface area contributed by atoms with Crippen molar-refractivity contribution in [3.8, 4) is 0 Å². The molecule has 1 aliphatic carbocycles. The monoisotopic (exact) mass is 609 g/mol. The number of amides is 2. The second kappa shape index (κ2) is 12.2. The molecule has 0 bridgehead atoms. The lowest BCUT2D eigenvalue weighted by atomic mass is 9.76. The average molecular weight is 610 g/mol. The molecule has 1 saturated carbocycles. The third-order valence-electron chi connectivity index (χ3n) is 7.99. The van der Waals surface area contributed by atoms with Crippen molar-refractivity contribution in [3.05, 3.63) is 106 Å². The highest BCUT2D eigenvalue weighted by molar-refractivity contribution is 7.88. The smallest absolute Gasteiger partial charge is 0.335 e. The number of carboxylic acid groups (broad SMARTS) is 1. The minimum atomic E-state index is -3.56. The number of sulfonamides is 1. The molecule has 3 N–H and O–H groups in total. The number of aromatic carboxylic acids is 1. The number of rotatable bonds is 8. The maximum absolute atomic E-state index is 14.3. The zero-order chi connectivity index (χ0) is 30.0. The van der Waals surface area contributed by atoms with Gasteiger partial charge in [-0.15, -0.1) is 0 Å². The Hall–Kier alpha value is -3.73. The summed E-state index contributed by atoms with van der Waals surface area (Å²) >= 11 is 6.22. The van der Waals surface area contributed by atoms with Gasteiger partial charge in [-0.3, -0.25) is 9.59 Å². The molecule has 0 saturated heterocycles. The van der Waals surface area contributed by atoms with Crippen molar-refractivity contribution in [1.82, 2.24) is 14.9 Å². The Balaban J connectivity index is 1.57. The van der Waals surface area contributed by atoms with Crippen molar-refractivity contribution >= 4 is 39.4 Å². The van der Waals surface area contributed by atoms with Crippen LogP contribution in [0.25, 0.3) is 0 Å². The lowest BCUT2D eigenvalue weighted by molar-refractivity contribution is -0.124. The summed E-state index contributed by atoms with van der Waals surface area (Å²) < 4.78 is 27.4. The summed E-state index contributed by atoms with van der Waals surface area (Å²) in [7, 11) is -3.56. The summed E-state index contributed by atoms with van der Waals surface area (Å²) in [5.41, 5.74) is 2.56. The van der Waals surface area contributed by atoms with E-state index in [2.05, 4.69) is 10.0 Å². The topological polar surface area (TPSA) is 133 Å². The van der Waals surface area contributed by atoms with Gasteiger partial charge in [0.2, 0.25) is 15.9 Å². The van der Waals surface area contributed by atoms with Crippen LogP contribution in [0.2, 0.25) is 5.02 Å². The van der Waals surface area contributed by atoms with Gasteiger partial charge in [-0.05, 0) is 59.9 Å². The Morgan fingerprint density at radius 3 is 2.31 bits per heavy atom. The highest BCUT2D eigenvalue weighted by atomic mass is 35.5. The Kier molecular flexibility index (Phi) is 8.68. The van der Waals surface area contributed by atoms with Gasteiger partial charge in [-0.1, -0.05) is 66.9 Å². The molecule has 4 atom stereocenters. The van der Waals surface area contributed by atoms with E-state index in [1.807, 2.05) is 0 Å². The molecule has 1 fully saturated rings. The molecule has 2 aliphatic rings. The number of carbonyl (C=O) groups excluding carboxylic acids is 2. The average Bonchev–Trinajstić information content (AvgIpc) is 2.96. The zero-order valence-corrected chi connectivity index (χ0v) is 24.6. The molecule has 3 aromatic carbocycles. The molecule has 2 amide bonds. The van der Waals surface area contributed by atoms with Crippen LogP contribution in [0.1, 0.15) is 75.0 Å². The first-order valence-corrected chi connectivity index (χ1v) is 16.0. The summed E-state index contributed by atoms with van der Waals surface area (Å²) in [6.07, 6.45) is 3.89. The Morgan fingerprint density at radius 2 is 1.64 bits per heavy atom. The van der Waals surface area contributed by atoms with E-state index in [9.17, 15) is 27.9 Å². The summed E-state index contributed by atoms with van der Waals surface area (Å²) in [5.74, 6) is -2.41. The standard InChI is InChI=1S/C31H32ClN3O6S/c1-42(40,41)34-25-8-4-5-9-26(25)35-28(20-14-16-22(32)17-15-20)27(23-6-2-3-7-24(23)30(35)37)29(36)33-18-19-10-12-21(13-11-19)31(38)39/h2-3,6-7,10-17,25-28,34H,4-5,8-9,18H2,1H3,(H,33,36)(H,38,39)/t25-,26?,27+,28-/m0/s1. The number of hydrogen-bond donors (Lipinski definition) is 3. The highest BCUT2D eigenvalue weighted by Crippen LogP contribution is 2.46. The zero-order valence-electron chi connectivity index (χ0n) is 23.0. The normalized spacial score (nSPS) is 22.3. The molecule has 1 unspecified atom stereocenters. The van der Waals surface area contributed by atoms with Crippen molar-refractivity contribution in [3.63, 3.8) is 0 Å². The minimum Gasteiger partial charge on any atom is -0.478 e. The van der Waals surface area contributed by atoms with Gasteiger partial charge in [0.1, 0.15) is 0 Å². The van der Waals surface area contributed by atoms with E-state index in [-0.39, 0.29) is 23.9 Å². The molecular formula is C31H32ClN3O6S. The van der Waals surface area contributed by atoms with E-state index in [1.165, 1.54) is 12.1 Å². The Morgan fingerprint density at radius 1 is 0.976 bits per heavy atom. The molecular weight excluding hydrogens is 578 g/mol. The Bertz CT molecular complexity index is 1590. The number of halogens is 1. The lowest BCUT2D eigenvalue weighted by Crippen LogP contribution is -2.59. The third-order valence-corrected chi connectivity index (χ3v) is 8.97. The second-order valence-electron chi connectivity index (χ2n) is 10.8. The van der Waals surface area contributed by atoms with Gasteiger partial charge in [-0.2, -0.15) is 0 Å². The van der Waals surface area contributed by atoms with Crippen molar-refractivity contribution in [2.75, 3.05) is 6.26 Å². The van der Waals surface area contributed by atoms with Crippen LogP contribution in [0.15, 0.2) is 72.8 Å². The first kappa shape index (κ1) is 29.8. The van der Waals surface area contributed by atoms with Crippen molar-refractivity contribution in [2.45, 2.75) is 56.3 Å². The van der Waals surface area contributed by atoms with Gasteiger partial charge in [0, 0.05) is 29.2 Å². The second-order valence-corrected chi connectivity index (χ2v) is 13.1. The number of carboxylic acids is 1. The largest absolute Gasteiger partial charge is 0.478 e. The van der Waals surface area contributed by atoms with Crippen LogP contribution in [0.3, 0.4) is 0 Å². The fraction of sp³-hybridized carbons (Fsp3) is 0.323. The van der Waals surface area contributed by atoms with E-state index in [4.69, 9.17) is 11.6 Å². The number of nitrogens with one attached hydrogen (secondary N) is 2. The first-order valence-electron chi connectivity index (χ1n) is 13.8. The lowest BCUT2D eigenvalue weighted by Gasteiger charge is -2.49. The molecule has 9 nitrogen and oxygen atoms in total. The predicted molar refractivity (Wildman–Crippen MR) is 159 cm³/mol. The van der Waals surface area contributed by atoms with Crippen molar-refractivity contribution in [1.29, 1.82) is 0 Å². The van der Waals surface area contributed by atoms with Crippen LogP contribution in [-0.2, 0) is 21.4 Å². The van der Waals surface area contributed by atoms with E-state index in [1.54, 1.807) is 65.6 Å². The highest BCUT2D eigenvalue weighted by Gasteiger charge is 2.48. The van der Waals surface area contributed by atoms with Crippen LogP contribution in [-0.4, -0.2) is 54.5 Å². The summed E-state index contributed by atoms with van der Waals surface area (Å²) in [4.78, 5) is 41.3. The molecule has 3 aromatic rings. The summed E-state index contributed by atoms with van der Waals surface area (Å²) in [6, 6.07) is 18.6. The molecule has 0 spiro atoms. The maximum atomic E-state index is 14.3. The van der Waals surface area contributed by atoms with Crippen LogP contribution >= 0.6 is 11.6 Å². The molecule has 11 heteroatoms. The van der Waals surface area contributed by atoms with Gasteiger partial charge in [0.15, 0.2) is 0 Å². The van der Waals surface area contributed by atoms with E-state index in [0.717, 1.165) is 24.7 Å². The van der Waals surface area contributed by atoms with Crippen molar-refractivity contribution < 1.29 is 27.9 Å². The van der Waals surface area contributed by atoms with E-state index in [0.29, 0.717) is 34.6 Å². The van der Waals surface area contributed by atoms with Crippen LogP contribution in [0.5, 0.6) is 0 Å². The molecule has 5 rings (SSSR count). The Labute approximate surface area is 249 Å². The van der Waals surface area contributed by atoms with Gasteiger partial charge in [-0.25, -0.2) is 17.9 Å². The molecule has 42 heavy (non-hydrogen) atoms. The minimum absolute atomic E-state index is 0.146.